The fourth-order valence-electron chi connectivity index (χ4n) is 6.64. The molecule has 0 spiro atoms. The van der Waals surface area contributed by atoms with Gasteiger partial charge in [-0.1, -0.05) is 32.9 Å². The highest BCUT2D eigenvalue weighted by atomic mass is 19.1. The van der Waals surface area contributed by atoms with Crippen molar-refractivity contribution in [2.75, 3.05) is 7.11 Å². The van der Waals surface area contributed by atoms with E-state index in [2.05, 4.69) is 24.5 Å². The van der Waals surface area contributed by atoms with Crippen molar-refractivity contribution in [1.82, 2.24) is 10.6 Å². The zero-order valence-corrected chi connectivity index (χ0v) is 22.2. The molecule has 0 bridgehead atoms. The van der Waals surface area contributed by atoms with Gasteiger partial charge in [-0.05, 0) is 90.8 Å². The van der Waals surface area contributed by atoms with Gasteiger partial charge in [-0.3, -0.25) is 9.59 Å². The van der Waals surface area contributed by atoms with E-state index in [1.807, 2.05) is 6.92 Å². The van der Waals surface area contributed by atoms with E-state index in [9.17, 15) is 19.1 Å². The minimum atomic E-state index is -0.638. The molecule has 0 aliphatic heterocycles. The Hall–Kier alpha value is -2.93. The summed E-state index contributed by atoms with van der Waals surface area (Å²) in [5.74, 6) is -0.321. The summed E-state index contributed by atoms with van der Waals surface area (Å²) in [7, 11) is 1.59. The van der Waals surface area contributed by atoms with Crippen molar-refractivity contribution in [3.05, 3.63) is 65.5 Å². The molecule has 2 aliphatic rings. The lowest BCUT2D eigenvalue weighted by molar-refractivity contribution is -0.142. The monoisotopic (exact) mass is 510 g/mol. The van der Waals surface area contributed by atoms with Crippen LogP contribution in [0.25, 0.3) is 0 Å². The molecule has 0 saturated heterocycles. The van der Waals surface area contributed by atoms with Crippen molar-refractivity contribution in [2.45, 2.75) is 65.1 Å². The number of ether oxygens (including phenoxy) is 1. The van der Waals surface area contributed by atoms with Crippen molar-refractivity contribution in [3.8, 4) is 5.75 Å². The molecule has 7 heteroatoms. The molecule has 7 atom stereocenters. The largest absolute Gasteiger partial charge is 0.497 e. The van der Waals surface area contributed by atoms with Crippen molar-refractivity contribution in [2.24, 2.45) is 29.1 Å². The van der Waals surface area contributed by atoms with Gasteiger partial charge in [0.15, 0.2) is 0 Å². The summed E-state index contributed by atoms with van der Waals surface area (Å²) in [4.78, 5) is 26.0. The topological polar surface area (TPSA) is 87.7 Å². The number of methoxy groups -OCH3 is 1. The summed E-state index contributed by atoms with van der Waals surface area (Å²) in [5, 5.41) is 17.8. The third-order valence-corrected chi connectivity index (χ3v) is 8.99. The predicted molar refractivity (Wildman–Crippen MR) is 140 cm³/mol. The van der Waals surface area contributed by atoms with Crippen LogP contribution in [-0.4, -0.2) is 36.2 Å². The van der Waals surface area contributed by atoms with Crippen LogP contribution in [0.15, 0.2) is 48.5 Å². The summed E-state index contributed by atoms with van der Waals surface area (Å²) >= 11 is 0. The quantitative estimate of drug-likeness (QED) is 0.504. The second-order valence-electron chi connectivity index (χ2n) is 11.2. The van der Waals surface area contributed by atoms with Gasteiger partial charge >= 0.3 is 0 Å². The number of halogens is 1. The molecule has 200 valence electrons. The number of aliphatic hydroxyl groups is 1. The smallest absolute Gasteiger partial charge is 0.251 e. The lowest BCUT2D eigenvalue weighted by atomic mass is 9.51. The van der Waals surface area contributed by atoms with Gasteiger partial charge in [0, 0.05) is 24.1 Å². The predicted octanol–water partition coefficient (Wildman–Crippen LogP) is 4.71. The molecular formula is C30H39FN2O4. The Morgan fingerprint density at radius 1 is 1.11 bits per heavy atom. The van der Waals surface area contributed by atoms with Crippen LogP contribution in [0.5, 0.6) is 5.75 Å². The van der Waals surface area contributed by atoms with Gasteiger partial charge in [-0.2, -0.15) is 0 Å². The van der Waals surface area contributed by atoms with Crippen molar-refractivity contribution >= 4 is 11.8 Å². The highest BCUT2D eigenvalue weighted by molar-refractivity contribution is 5.94. The molecule has 37 heavy (non-hydrogen) atoms. The van der Waals surface area contributed by atoms with Crippen LogP contribution >= 0.6 is 0 Å². The van der Waals surface area contributed by atoms with Crippen molar-refractivity contribution < 1.29 is 23.8 Å². The zero-order chi connectivity index (χ0) is 26.7. The van der Waals surface area contributed by atoms with Crippen LogP contribution in [0.3, 0.4) is 0 Å². The van der Waals surface area contributed by atoms with Crippen LogP contribution in [0.4, 0.5) is 4.39 Å². The first-order chi connectivity index (χ1) is 17.6. The number of hydrogen-bond acceptors (Lipinski definition) is 4. The standard InChI is InChI=1S/C30H39FN2O4/c1-18(28(35)32-17-20-5-9-22(31)10-6-20)24-13-15-30(3)16-14-25(19(2)26(30)27(24)34)33-29(36)21-7-11-23(37-4)12-8-21/h5-12,18-19,24-27,34H,13-17H2,1-4H3,(H,32,35)(H,33,36)/t18-,19+,24?,25-,26+,27-,30-/m0/s1. The van der Waals surface area contributed by atoms with E-state index in [1.165, 1.54) is 12.1 Å². The van der Waals surface area contributed by atoms with Crippen LogP contribution in [0, 0.1) is 34.9 Å². The molecule has 4 rings (SSSR count). The van der Waals surface area contributed by atoms with E-state index in [1.54, 1.807) is 43.5 Å². The molecule has 2 saturated carbocycles. The SMILES string of the molecule is COc1ccc(C(=O)N[C@H]2CC[C@]3(C)CCC([C@H](C)C(=O)NCc4ccc(F)cc4)[C@H](O)[C@H]3[C@@H]2C)cc1. The molecule has 2 fully saturated rings. The number of rotatable bonds is 7. The molecule has 2 amide bonds. The van der Waals surface area contributed by atoms with Crippen LogP contribution < -0.4 is 15.4 Å². The molecule has 3 N–H and O–H groups in total. The van der Waals surface area contributed by atoms with Crippen LogP contribution in [0.2, 0.25) is 0 Å². The number of fused-ring (bicyclic) bond motifs is 1. The molecule has 2 aromatic rings. The highest BCUT2D eigenvalue weighted by Crippen LogP contribution is 2.55. The number of nitrogens with one attached hydrogen (secondary N) is 2. The molecule has 1 unspecified atom stereocenters. The van der Waals surface area contributed by atoms with Gasteiger partial charge < -0.3 is 20.5 Å². The number of amides is 2. The minimum absolute atomic E-state index is 0.0199. The summed E-state index contributed by atoms with van der Waals surface area (Å²) in [6, 6.07) is 13.1. The minimum Gasteiger partial charge on any atom is -0.497 e. The second kappa shape index (κ2) is 11.2. The van der Waals surface area contributed by atoms with Crippen molar-refractivity contribution in [3.63, 3.8) is 0 Å². The van der Waals surface area contributed by atoms with Gasteiger partial charge in [0.1, 0.15) is 11.6 Å². The maximum absolute atomic E-state index is 13.2. The number of aliphatic hydroxyl groups excluding tert-OH is 1. The van der Waals surface area contributed by atoms with Crippen molar-refractivity contribution in [1.29, 1.82) is 0 Å². The van der Waals surface area contributed by atoms with Gasteiger partial charge in [-0.15, -0.1) is 0 Å². The summed E-state index contributed by atoms with van der Waals surface area (Å²) < 4.78 is 18.4. The summed E-state index contributed by atoms with van der Waals surface area (Å²) in [6.07, 6.45) is 2.87. The fraction of sp³-hybridized carbons (Fsp3) is 0.533. The number of hydrogen-bond donors (Lipinski definition) is 3. The lowest BCUT2D eigenvalue weighted by Crippen LogP contribution is -2.58. The van der Waals surface area contributed by atoms with Crippen LogP contribution in [-0.2, 0) is 11.3 Å². The third kappa shape index (κ3) is 5.82. The van der Waals surface area contributed by atoms with Gasteiger partial charge in [0.2, 0.25) is 5.91 Å². The average molecular weight is 511 g/mol. The van der Waals surface area contributed by atoms with E-state index < -0.39 is 6.10 Å². The second-order valence-corrected chi connectivity index (χ2v) is 11.2. The van der Waals surface area contributed by atoms with E-state index in [-0.39, 0.29) is 52.8 Å². The van der Waals surface area contributed by atoms with Gasteiger partial charge in [0.25, 0.3) is 5.91 Å². The Bertz CT molecular complexity index is 1090. The Morgan fingerprint density at radius 2 is 1.76 bits per heavy atom. The molecule has 2 aromatic carbocycles. The molecule has 0 radical (unpaired) electrons. The zero-order valence-electron chi connectivity index (χ0n) is 22.2. The first-order valence-corrected chi connectivity index (χ1v) is 13.3. The molecular weight excluding hydrogens is 471 g/mol. The number of carbonyl (C=O) groups is 2. The summed E-state index contributed by atoms with van der Waals surface area (Å²) in [5.41, 5.74) is 1.38. The van der Waals surface area contributed by atoms with Gasteiger partial charge in [-0.25, -0.2) is 4.39 Å². The molecule has 2 aliphatic carbocycles. The Balaban J connectivity index is 1.41. The molecule has 6 nitrogen and oxygen atoms in total. The lowest BCUT2D eigenvalue weighted by Gasteiger charge is -2.56. The van der Waals surface area contributed by atoms with E-state index in [0.717, 1.165) is 31.2 Å². The van der Waals surface area contributed by atoms with E-state index >= 15 is 0 Å². The van der Waals surface area contributed by atoms with E-state index in [0.29, 0.717) is 17.9 Å². The normalized spacial score (nSPS) is 30.1. The van der Waals surface area contributed by atoms with E-state index in [4.69, 9.17) is 4.74 Å². The first kappa shape index (κ1) is 27.1. The third-order valence-electron chi connectivity index (χ3n) is 8.99. The Morgan fingerprint density at radius 3 is 2.41 bits per heavy atom. The first-order valence-electron chi connectivity index (χ1n) is 13.3. The number of benzene rings is 2. The fourth-order valence-corrected chi connectivity index (χ4v) is 6.64. The maximum atomic E-state index is 13.2. The average Bonchev–Trinajstić information content (AvgIpc) is 2.89. The summed E-state index contributed by atoms with van der Waals surface area (Å²) in [6.45, 7) is 6.57. The highest BCUT2D eigenvalue weighted by Gasteiger charge is 2.53. The van der Waals surface area contributed by atoms with Crippen LogP contribution in [0.1, 0.15) is 62.4 Å². The Kier molecular flexibility index (Phi) is 8.22. The maximum Gasteiger partial charge on any atom is 0.251 e. The molecule has 0 heterocycles. The van der Waals surface area contributed by atoms with Gasteiger partial charge in [0.05, 0.1) is 13.2 Å². The number of carbonyl (C=O) groups excluding carboxylic acids is 2. The molecule has 0 aromatic heterocycles. The Labute approximate surface area is 219 Å².